The Morgan fingerprint density at radius 1 is 1.00 bits per heavy atom. The Morgan fingerprint density at radius 2 is 1.68 bits per heavy atom. The van der Waals surface area contributed by atoms with Crippen molar-refractivity contribution >= 4 is 11.6 Å². The number of nitro benzene ring substituents is 1. The summed E-state index contributed by atoms with van der Waals surface area (Å²) in [6.45, 7) is 6.27. The Hall–Kier alpha value is -3.33. The van der Waals surface area contributed by atoms with Gasteiger partial charge in [0, 0.05) is 51.0 Å². The lowest BCUT2D eigenvalue weighted by Gasteiger charge is -2.34. The van der Waals surface area contributed by atoms with Crippen LogP contribution in [0.4, 0.5) is 5.69 Å². The molecule has 2 fully saturated rings. The van der Waals surface area contributed by atoms with Crippen LogP contribution in [-0.4, -0.2) is 73.2 Å². The maximum Gasteiger partial charge on any atom is 0.311 e. The predicted molar refractivity (Wildman–Crippen MR) is 141 cm³/mol. The van der Waals surface area contributed by atoms with Gasteiger partial charge in [-0.2, -0.15) is 0 Å². The van der Waals surface area contributed by atoms with Crippen LogP contribution in [0.25, 0.3) is 0 Å². The van der Waals surface area contributed by atoms with Crippen LogP contribution < -0.4 is 14.2 Å². The van der Waals surface area contributed by atoms with Crippen LogP contribution in [0.5, 0.6) is 17.2 Å². The fourth-order valence-corrected chi connectivity index (χ4v) is 5.18. The number of likely N-dealkylation sites (tertiary alicyclic amines) is 2. The molecule has 37 heavy (non-hydrogen) atoms. The van der Waals surface area contributed by atoms with Crippen molar-refractivity contribution in [3.63, 3.8) is 0 Å². The molecule has 0 radical (unpaired) electrons. The summed E-state index contributed by atoms with van der Waals surface area (Å²) in [6, 6.07) is 13.0. The first kappa shape index (κ1) is 26.7. The summed E-state index contributed by atoms with van der Waals surface area (Å²) in [5, 5.41) is 11.2. The number of benzene rings is 2. The number of ether oxygens (including phenoxy) is 3. The van der Waals surface area contributed by atoms with Gasteiger partial charge in [-0.3, -0.25) is 14.9 Å². The van der Waals surface area contributed by atoms with Gasteiger partial charge in [0.2, 0.25) is 11.7 Å². The number of hydrogen-bond donors (Lipinski definition) is 0. The molecule has 9 nitrogen and oxygen atoms in total. The van der Waals surface area contributed by atoms with E-state index in [0.29, 0.717) is 37.8 Å². The number of nitrogens with zero attached hydrogens (tertiary/aromatic N) is 3. The number of rotatable bonds is 10. The second kappa shape index (κ2) is 12.8. The Balaban J connectivity index is 1.17. The predicted octanol–water partition coefficient (Wildman–Crippen LogP) is 4.64. The molecule has 2 aliphatic heterocycles. The van der Waals surface area contributed by atoms with E-state index in [1.54, 1.807) is 26.2 Å². The van der Waals surface area contributed by atoms with Gasteiger partial charge in [0.1, 0.15) is 17.6 Å². The van der Waals surface area contributed by atoms with Crippen molar-refractivity contribution < 1.29 is 23.9 Å². The lowest BCUT2D eigenvalue weighted by atomic mass is 9.89. The van der Waals surface area contributed by atoms with Crippen molar-refractivity contribution in [1.29, 1.82) is 0 Å². The van der Waals surface area contributed by atoms with Crippen molar-refractivity contribution in [3.8, 4) is 17.2 Å². The Morgan fingerprint density at radius 3 is 2.30 bits per heavy atom. The van der Waals surface area contributed by atoms with Gasteiger partial charge in [-0.05, 0) is 62.5 Å². The summed E-state index contributed by atoms with van der Waals surface area (Å²) >= 11 is 0. The van der Waals surface area contributed by atoms with E-state index in [-0.39, 0.29) is 23.4 Å². The number of amides is 1. The molecule has 0 aliphatic carbocycles. The number of methoxy groups -OCH3 is 1. The number of hydrogen-bond acceptors (Lipinski definition) is 7. The fourth-order valence-electron chi connectivity index (χ4n) is 5.18. The molecule has 9 heteroatoms. The highest BCUT2D eigenvalue weighted by Gasteiger charge is 2.26. The zero-order valence-corrected chi connectivity index (χ0v) is 21.8. The maximum atomic E-state index is 12.8. The van der Waals surface area contributed by atoms with E-state index in [4.69, 9.17) is 14.2 Å². The van der Waals surface area contributed by atoms with Crippen LogP contribution in [0.1, 0.15) is 50.5 Å². The van der Waals surface area contributed by atoms with Gasteiger partial charge in [0.25, 0.3) is 0 Å². The molecular formula is C28H37N3O6. The first-order valence-corrected chi connectivity index (χ1v) is 13.2. The number of carbonyl (C=O) groups excluding carboxylic acids is 1. The van der Waals surface area contributed by atoms with Gasteiger partial charge < -0.3 is 24.0 Å². The average Bonchev–Trinajstić information content (AvgIpc) is 2.93. The summed E-state index contributed by atoms with van der Waals surface area (Å²) in [5.41, 5.74) is 1.30. The highest BCUT2D eigenvalue weighted by Crippen LogP contribution is 2.33. The SMILES string of the molecule is CCOc1cc(OC2CCN(C(=O)CCN3CCC(c4ccc(OC)cc4)CC3)CC2)ccc1[N+](=O)[O-]. The van der Waals surface area contributed by atoms with Crippen LogP contribution in [-0.2, 0) is 4.79 Å². The van der Waals surface area contributed by atoms with Crippen LogP contribution in [0, 0.1) is 10.1 Å². The van der Waals surface area contributed by atoms with Gasteiger partial charge in [0.05, 0.1) is 18.6 Å². The molecular weight excluding hydrogens is 474 g/mol. The second-order valence-corrected chi connectivity index (χ2v) is 9.66. The molecule has 2 saturated heterocycles. The molecule has 200 valence electrons. The third-order valence-electron chi connectivity index (χ3n) is 7.34. The molecule has 0 bridgehead atoms. The van der Waals surface area contributed by atoms with E-state index in [1.165, 1.54) is 11.6 Å². The summed E-state index contributed by atoms with van der Waals surface area (Å²) < 4.78 is 16.7. The minimum absolute atomic E-state index is 0.0306. The second-order valence-electron chi connectivity index (χ2n) is 9.66. The maximum absolute atomic E-state index is 12.8. The first-order valence-electron chi connectivity index (χ1n) is 13.2. The zero-order valence-electron chi connectivity index (χ0n) is 21.8. The molecule has 1 amide bonds. The standard InChI is InChI=1S/C28H37N3O6/c1-3-36-27-20-25(8-9-26(27)31(33)34)37-24-12-18-30(19-13-24)28(32)14-17-29-15-10-22(11-16-29)21-4-6-23(35-2)7-5-21/h4-9,20,22,24H,3,10-19H2,1-2H3. The van der Waals surface area contributed by atoms with Crippen molar-refractivity contribution in [3.05, 3.63) is 58.1 Å². The number of nitro groups is 1. The highest BCUT2D eigenvalue weighted by atomic mass is 16.6. The smallest absolute Gasteiger partial charge is 0.311 e. The molecule has 0 N–H and O–H groups in total. The number of piperidine rings is 2. The number of carbonyl (C=O) groups is 1. The minimum atomic E-state index is -0.456. The summed E-state index contributed by atoms with van der Waals surface area (Å²) in [6.07, 6.45) is 4.20. The van der Waals surface area contributed by atoms with E-state index in [2.05, 4.69) is 17.0 Å². The third-order valence-corrected chi connectivity index (χ3v) is 7.34. The Labute approximate surface area is 218 Å². The monoisotopic (exact) mass is 511 g/mol. The molecule has 0 atom stereocenters. The molecule has 0 saturated carbocycles. The average molecular weight is 512 g/mol. The largest absolute Gasteiger partial charge is 0.497 e. The lowest BCUT2D eigenvalue weighted by Crippen LogP contribution is -2.43. The minimum Gasteiger partial charge on any atom is -0.497 e. The van der Waals surface area contributed by atoms with Crippen LogP contribution in [0.2, 0.25) is 0 Å². The van der Waals surface area contributed by atoms with Crippen molar-refractivity contribution in [2.24, 2.45) is 0 Å². The molecule has 2 heterocycles. The van der Waals surface area contributed by atoms with Crippen LogP contribution in [0.3, 0.4) is 0 Å². The van der Waals surface area contributed by atoms with Gasteiger partial charge in [-0.25, -0.2) is 0 Å². The van der Waals surface area contributed by atoms with E-state index >= 15 is 0 Å². The lowest BCUT2D eigenvalue weighted by molar-refractivity contribution is -0.385. The Bertz CT molecular complexity index is 1040. The first-order chi connectivity index (χ1) is 18.0. The summed E-state index contributed by atoms with van der Waals surface area (Å²) in [7, 11) is 1.69. The van der Waals surface area contributed by atoms with E-state index in [9.17, 15) is 14.9 Å². The molecule has 0 unspecified atom stereocenters. The Kier molecular flexibility index (Phi) is 9.22. The van der Waals surface area contributed by atoms with Gasteiger partial charge in [-0.1, -0.05) is 12.1 Å². The van der Waals surface area contributed by atoms with Crippen LogP contribution in [0.15, 0.2) is 42.5 Å². The fraction of sp³-hybridized carbons (Fsp3) is 0.536. The quantitative estimate of drug-likeness (QED) is 0.339. The normalized spacial score (nSPS) is 17.4. The van der Waals surface area contributed by atoms with Crippen molar-refractivity contribution in [1.82, 2.24) is 9.80 Å². The molecule has 2 aromatic carbocycles. The van der Waals surface area contributed by atoms with Gasteiger partial charge in [-0.15, -0.1) is 0 Å². The van der Waals surface area contributed by atoms with E-state index < -0.39 is 4.92 Å². The van der Waals surface area contributed by atoms with E-state index in [0.717, 1.165) is 51.1 Å². The molecule has 0 aromatic heterocycles. The molecule has 4 rings (SSSR count). The highest BCUT2D eigenvalue weighted by molar-refractivity contribution is 5.76. The topological polar surface area (TPSA) is 94.4 Å². The van der Waals surface area contributed by atoms with Crippen LogP contribution >= 0.6 is 0 Å². The molecule has 0 spiro atoms. The summed E-state index contributed by atoms with van der Waals surface area (Å²) in [4.78, 5) is 27.9. The molecule has 2 aromatic rings. The third kappa shape index (κ3) is 7.13. The van der Waals surface area contributed by atoms with Gasteiger partial charge in [0.15, 0.2) is 0 Å². The van der Waals surface area contributed by atoms with E-state index in [1.807, 2.05) is 17.0 Å². The van der Waals surface area contributed by atoms with Gasteiger partial charge >= 0.3 is 5.69 Å². The molecule has 2 aliphatic rings. The van der Waals surface area contributed by atoms with Crippen molar-refractivity contribution in [2.45, 2.75) is 51.0 Å². The summed E-state index contributed by atoms with van der Waals surface area (Å²) in [5.74, 6) is 2.42. The van der Waals surface area contributed by atoms with Crippen molar-refractivity contribution in [2.75, 3.05) is 46.4 Å². The zero-order chi connectivity index (χ0) is 26.2.